The monoisotopic (exact) mass is 1450 g/mol. The first-order valence-corrected chi connectivity index (χ1v) is 34.8. The highest BCUT2D eigenvalue weighted by atomic mass is 32.2. The number of carbonyl (C=O) groups excluding carboxylic acids is 15. The van der Waals surface area contributed by atoms with Crippen molar-refractivity contribution < 1.29 is 111 Å². The second kappa shape index (κ2) is 40.7. The molecule has 558 valence electrons. The minimum Gasteiger partial charge on any atom is -0.481 e. The van der Waals surface area contributed by atoms with Crippen molar-refractivity contribution in [1.29, 1.82) is 0 Å². The molecule has 41 heteroatoms. The van der Waals surface area contributed by atoms with E-state index < -0.39 is 221 Å². The molecule has 0 aromatic rings. The fourth-order valence-corrected chi connectivity index (χ4v) is 12.4. The first kappa shape index (κ1) is 84.9. The van der Waals surface area contributed by atoms with Crippen LogP contribution < -0.4 is 80.2 Å². The Morgan fingerprint density at radius 1 is 0.596 bits per heavy atom. The van der Waals surface area contributed by atoms with Gasteiger partial charge < -0.3 is 110 Å². The third kappa shape index (κ3) is 28.8. The molecule has 16 amide bonds. The number of aliphatic hydroxyl groups is 2. The van der Waals surface area contributed by atoms with E-state index in [4.69, 9.17) is 5.73 Å². The minimum atomic E-state index is -5.46. The summed E-state index contributed by atoms with van der Waals surface area (Å²) in [6.45, 7) is 8.35. The number of fused-ring (bicyclic) bond motifs is 1. The maximum absolute atomic E-state index is 14.3. The lowest BCUT2D eigenvalue weighted by Crippen LogP contribution is -2.62. The molecule has 0 radical (unpaired) electrons. The zero-order valence-corrected chi connectivity index (χ0v) is 58.3. The molecule has 99 heavy (non-hydrogen) atoms. The molecule has 0 bridgehead atoms. The summed E-state index contributed by atoms with van der Waals surface area (Å²) in [6.07, 6.45) is 0.744. The van der Waals surface area contributed by atoms with Crippen LogP contribution in [-0.2, 0) is 81.0 Å². The number of unbranched alkanes of at least 4 members (excludes halogenated alkanes) is 1. The highest BCUT2D eigenvalue weighted by Gasteiger charge is 2.44. The number of phosphoric acid groups is 1. The molecule has 13 atom stereocenters. The molecule has 0 spiro atoms. The summed E-state index contributed by atoms with van der Waals surface area (Å²) in [4.78, 5) is 230. The number of carboxylic acid groups (broad SMARTS) is 1. The van der Waals surface area contributed by atoms with E-state index in [1.165, 1.54) is 34.6 Å². The van der Waals surface area contributed by atoms with Gasteiger partial charge in [-0.25, -0.2) is 9.36 Å². The van der Waals surface area contributed by atoms with Gasteiger partial charge in [-0.05, 0) is 62.7 Å². The predicted molar refractivity (Wildman–Crippen MR) is 348 cm³/mol. The van der Waals surface area contributed by atoms with Gasteiger partial charge in [-0.15, -0.1) is 0 Å². The van der Waals surface area contributed by atoms with Crippen LogP contribution in [0.2, 0.25) is 0 Å². The third-order valence-corrected chi connectivity index (χ3v) is 17.8. The van der Waals surface area contributed by atoms with Gasteiger partial charge in [-0.3, -0.25) is 76.4 Å². The van der Waals surface area contributed by atoms with E-state index in [1.807, 2.05) is 0 Å². The maximum atomic E-state index is 14.3. The first-order valence-electron chi connectivity index (χ1n) is 32.2. The van der Waals surface area contributed by atoms with Crippen LogP contribution >= 0.6 is 19.6 Å². The predicted octanol–water partition coefficient (Wildman–Crippen LogP) is -7.50. The van der Waals surface area contributed by atoms with Crippen LogP contribution in [0.3, 0.4) is 0 Å². The number of carbonyl (C=O) groups is 16. The smallest absolute Gasteiger partial charge is 0.469 e. The minimum absolute atomic E-state index is 0.0390. The van der Waals surface area contributed by atoms with Crippen LogP contribution in [0, 0.1) is 23.7 Å². The van der Waals surface area contributed by atoms with E-state index in [0.29, 0.717) is 6.42 Å². The van der Waals surface area contributed by atoms with Gasteiger partial charge in [0.1, 0.15) is 60.4 Å². The summed E-state index contributed by atoms with van der Waals surface area (Å²) < 4.78 is 16.5. The topological polar surface area (TPSA) is 598 Å². The lowest BCUT2D eigenvalue weighted by atomic mass is 10.0. The lowest BCUT2D eigenvalue weighted by Gasteiger charge is -2.31. The molecule has 3 aliphatic rings. The number of hydrogen-bond donors (Lipinski definition) is 20. The lowest BCUT2D eigenvalue weighted by molar-refractivity contribution is -0.144. The summed E-state index contributed by atoms with van der Waals surface area (Å²) in [5, 5.41) is 64.3. The summed E-state index contributed by atoms with van der Waals surface area (Å²) in [7, 11) is -5.46. The molecule has 0 aromatic heterocycles. The molecule has 3 rings (SSSR count). The second-order valence-corrected chi connectivity index (χ2v) is 28.0. The number of hydrogen-bond acceptors (Lipinski definition) is 21. The third-order valence-electron chi connectivity index (χ3n) is 15.8. The van der Waals surface area contributed by atoms with Gasteiger partial charge in [0.05, 0.1) is 58.0 Å². The Bertz CT molecular complexity index is 2980. The summed E-state index contributed by atoms with van der Waals surface area (Å²) in [6, 6.07) is -16.5. The highest BCUT2D eigenvalue weighted by Crippen LogP contribution is 2.36. The number of amides is 16. The molecular weight excluding hydrogens is 1350 g/mol. The van der Waals surface area contributed by atoms with Crippen LogP contribution in [-0.4, -0.2) is 254 Å². The van der Waals surface area contributed by atoms with Crippen LogP contribution in [0.1, 0.15) is 114 Å². The van der Waals surface area contributed by atoms with Gasteiger partial charge in [-0.2, -0.15) is 11.8 Å². The van der Waals surface area contributed by atoms with E-state index in [0.717, 1.165) is 23.5 Å². The summed E-state index contributed by atoms with van der Waals surface area (Å²) in [5.41, 5.74) is 5.10. The van der Waals surface area contributed by atoms with Crippen molar-refractivity contribution in [3.63, 3.8) is 0 Å². The Labute approximate surface area is 575 Å². The van der Waals surface area contributed by atoms with Crippen molar-refractivity contribution in [1.82, 2.24) is 79.3 Å². The van der Waals surface area contributed by atoms with Crippen molar-refractivity contribution >= 4 is 114 Å². The van der Waals surface area contributed by atoms with Gasteiger partial charge in [0, 0.05) is 24.0 Å². The van der Waals surface area contributed by atoms with Crippen LogP contribution in [0.4, 0.5) is 4.79 Å². The molecule has 3 saturated heterocycles. The number of primary amides is 1. The average molecular weight is 1450 g/mol. The van der Waals surface area contributed by atoms with Crippen molar-refractivity contribution in [2.45, 2.75) is 191 Å². The number of aliphatic carboxylic acids is 1. The zero-order chi connectivity index (χ0) is 74.8. The van der Waals surface area contributed by atoms with Crippen LogP contribution in [0.5, 0.6) is 0 Å². The summed E-state index contributed by atoms with van der Waals surface area (Å²) >= 11 is 1.75. The van der Waals surface area contributed by atoms with Crippen LogP contribution in [0.25, 0.3) is 0 Å². The normalized spacial score (nSPS) is 19.2. The average Bonchev–Trinajstić information content (AvgIpc) is 1.74. The molecular formula is C58H97N16O23PS. The van der Waals surface area contributed by atoms with E-state index in [-0.39, 0.29) is 61.5 Å². The number of nitrogens with zero attached hydrogens (tertiary/aromatic N) is 1. The number of urea groups is 1. The Morgan fingerprint density at radius 2 is 1.10 bits per heavy atom. The Balaban J connectivity index is 1.66. The number of phosphoric ester groups is 1. The van der Waals surface area contributed by atoms with Crippen molar-refractivity contribution in [2.24, 2.45) is 29.4 Å². The van der Waals surface area contributed by atoms with Gasteiger partial charge >= 0.3 is 19.8 Å². The van der Waals surface area contributed by atoms with Gasteiger partial charge in [0.2, 0.25) is 82.7 Å². The number of aliphatic hydroxyl groups excluding tert-OH is 2. The Morgan fingerprint density at radius 3 is 1.66 bits per heavy atom. The van der Waals surface area contributed by atoms with Gasteiger partial charge in [0.15, 0.2) is 0 Å². The number of rotatable bonds is 42. The van der Waals surface area contributed by atoms with Crippen molar-refractivity contribution in [3.8, 4) is 0 Å². The molecule has 0 saturated carbocycles. The highest BCUT2D eigenvalue weighted by molar-refractivity contribution is 8.00. The SMILES string of the molecule is CC(C)C[C@H](NC(=O)[C@H](CO)NC(=O)[C@@H](NC(=O)[C@H](C)NC(=O)CNC(=O)CNC(=O)CCCC[C@@H]1SC[C@@H]2NC(=O)N[C@@H]21)C(C)C)C(=O)N[C@@H](CC(=O)O)C(=O)N[C@@H](COP(=O)(O)O)C(=O)N1CCC[C@H]1C(=O)N[C@H](C(=O)N[C@@H](CO)C(=O)N[C@H](C(=O)NCC(N)=O)C(C)C)C(C)C. The van der Waals surface area contributed by atoms with E-state index >= 15 is 0 Å². The summed E-state index contributed by atoms with van der Waals surface area (Å²) in [5.74, 6) is -17.0. The molecule has 39 nitrogen and oxygen atoms in total. The van der Waals surface area contributed by atoms with Gasteiger partial charge in [0.25, 0.3) is 0 Å². The Hall–Kier alpha value is -8.30. The number of nitrogens with two attached hydrogens (primary N) is 1. The molecule has 3 aliphatic heterocycles. The van der Waals surface area contributed by atoms with E-state index in [2.05, 4.69) is 79.0 Å². The van der Waals surface area contributed by atoms with E-state index in [9.17, 15) is 106 Å². The fraction of sp³-hybridized carbons (Fsp3) is 0.724. The number of likely N-dealkylation sites (tertiary alicyclic amines) is 1. The van der Waals surface area contributed by atoms with Gasteiger partial charge in [-0.1, -0.05) is 61.8 Å². The largest absolute Gasteiger partial charge is 0.481 e. The standard InChI is InChI=1S/C58H97N16O23PS/c1-26(2)17-31(64-51(86)33(22-75)66-55(90)45(28(5)6)70-48(83)30(9)63-42(80)21-61-41(79)20-60-40(78)15-11-10-14-38-47-36(25-99-38)69-58(93)73-47)49(84)65-32(18-43(81)82)50(85)68-35(24-97-98(94,95)96)57(92)74-16-12-13-37(74)53(88)72-46(29(7)8)56(91)67-34(23-76)52(87)71-44(27(3)4)54(89)62-19-39(59)77/h26-38,44-47,75-76H,10-25H2,1-9H3,(H2,59,77)(H,60,78)(H,61,79)(H,62,89)(H,63,80)(H,64,86)(H,65,84)(H,66,90)(H,67,91)(H,68,85)(H,70,83)(H,71,87)(H,72,88)(H,81,82)(H2,69,73,93)(H2,94,95,96)/t30-,31-,32-,33-,34-,35-,36-,37-,38-,44-,45-,46-,47-/m0/s1. The molecule has 0 aromatic carbocycles. The first-order chi connectivity index (χ1) is 46.3. The number of carboxylic acids is 1. The zero-order valence-electron chi connectivity index (χ0n) is 56.6. The van der Waals surface area contributed by atoms with E-state index in [1.54, 1.807) is 39.5 Å². The second-order valence-electron chi connectivity index (χ2n) is 25.5. The molecule has 0 aliphatic carbocycles. The quantitative estimate of drug-likeness (QED) is 0.0153. The number of nitrogens with one attached hydrogen (secondary N) is 14. The van der Waals surface area contributed by atoms with Crippen molar-refractivity contribution in [2.75, 3.05) is 51.8 Å². The Kier molecular flexibility index (Phi) is 34.9. The molecule has 3 heterocycles. The molecule has 0 unspecified atom stereocenters. The van der Waals surface area contributed by atoms with Crippen LogP contribution in [0.15, 0.2) is 0 Å². The molecule has 21 N–H and O–H groups in total. The fourth-order valence-electron chi connectivity index (χ4n) is 10.5. The molecule has 3 fully saturated rings. The number of thioether (sulfide) groups is 1. The maximum Gasteiger partial charge on any atom is 0.469 e. The van der Waals surface area contributed by atoms with Crippen molar-refractivity contribution in [3.05, 3.63) is 0 Å².